The molecule has 1 aromatic heterocycles. The highest BCUT2D eigenvalue weighted by atomic mass is 16.4. The average molecular weight is 294 g/mol. The SMILES string of the molecule is CC(C)(C)N(CCC(=O)O)CC(=O)NNc1ccccn1. The van der Waals surface area contributed by atoms with Gasteiger partial charge in [0.05, 0.1) is 13.0 Å². The van der Waals surface area contributed by atoms with Crippen molar-refractivity contribution in [2.24, 2.45) is 0 Å². The molecule has 1 amide bonds. The van der Waals surface area contributed by atoms with E-state index in [9.17, 15) is 9.59 Å². The molecule has 1 heterocycles. The Morgan fingerprint density at radius 1 is 1.33 bits per heavy atom. The van der Waals surface area contributed by atoms with Gasteiger partial charge in [-0.15, -0.1) is 0 Å². The maximum absolute atomic E-state index is 11.9. The lowest BCUT2D eigenvalue weighted by atomic mass is 10.1. The van der Waals surface area contributed by atoms with Crippen molar-refractivity contribution in [2.75, 3.05) is 18.5 Å². The summed E-state index contributed by atoms with van der Waals surface area (Å²) in [6.07, 6.45) is 1.61. The zero-order chi connectivity index (χ0) is 15.9. The lowest BCUT2D eigenvalue weighted by Crippen LogP contribution is -2.48. The molecule has 0 aliphatic rings. The Hall–Kier alpha value is -2.15. The van der Waals surface area contributed by atoms with Crippen molar-refractivity contribution in [3.63, 3.8) is 0 Å². The number of carboxylic acid groups (broad SMARTS) is 1. The number of rotatable bonds is 7. The topological polar surface area (TPSA) is 94.6 Å². The van der Waals surface area contributed by atoms with Gasteiger partial charge in [0.1, 0.15) is 5.82 Å². The van der Waals surface area contributed by atoms with Crippen LogP contribution in [0.1, 0.15) is 27.2 Å². The number of aromatic nitrogens is 1. The fraction of sp³-hybridized carbons (Fsp3) is 0.500. The molecule has 21 heavy (non-hydrogen) atoms. The summed E-state index contributed by atoms with van der Waals surface area (Å²) < 4.78 is 0. The van der Waals surface area contributed by atoms with Crippen LogP contribution in [0.5, 0.6) is 0 Å². The van der Waals surface area contributed by atoms with Crippen LogP contribution in [0.4, 0.5) is 5.82 Å². The number of anilines is 1. The summed E-state index contributed by atoms with van der Waals surface area (Å²) in [5, 5.41) is 8.77. The van der Waals surface area contributed by atoms with Crippen LogP contribution in [0.2, 0.25) is 0 Å². The van der Waals surface area contributed by atoms with Crippen molar-refractivity contribution in [3.05, 3.63) is 24.4 Å². The number of carboxylic acids is 1. The van der Waals surface area contributed by atoms with Crippen LogP contribution in [-0.2, 0) is 9.59 Å². The molecule has 1 aromatic rings. The second-order valence-corrected chi connectivity index (χ2v) is 5.62. The van der Waals surface area contributed by atoms with Gasteiger partial charge in [-0.1, -0.05) is 6.07 Å². The van der Waals surface area contributed by atoms with Gasteiger partial charge in [-0.3, -0.25) is 25.3 Å². The molecule has 3 N–H and O–H groups in total. The maximum Gasteiger partial charge on any atom is 0.304 e. The Kier molecular flexibility index (Phi) is 6.10. The van der Waals surface area contributed by atoms with Gasteiger partial charge in [0, 0.05) is 18.3 Å². The van der Waals surface area contributed by atoms with Crippen molar-refractivity contribution >= 4 is 17.7 Å². The summed E-state index contributed by atoms with van der Waals surface area (Å²) in [5.74, 6) is -0.587. The predicted molar refractivity (Wildman–Crippen MR) is 79.6 cm³/mol. The second kappa shape index (κ2) is 7.58. The van der Waals surface area contributed by atoms with Crippen LogP contribution < -0.4 is 10.9 Å². The van der Waals surface area contributed by atoms with Crippen LogP contribution >= 0.6 is 0 Å². The number of carbonyl (C=O) groups excluding carboxylic acids is 1. The largest absolute Gasteiger partial charge is 0.481 e. The number of nitrogens with zero attached hydrogens (tertiary/aromatic N) is 2. The van der Waals surface area contributed by atoms with Gasteiger partial charge in [0.2, 0.25) is 0 Å². The number of pyridine rings is 1. The average Bonchev–Trinajstić information content (AvgIpc) is 2.41. The van der Waals surface area contributed by atoms with Gasteiger partial charge in [-0.25, -0.2) is 4.98 Å². The van der Waals surface area contributed by atoms with E-state index < -0.39 is 5.97 Å². The van der Waals surface area contributed by atoms with E-state index in [1.807, 2.05) is 25.7 Å². The van der Waals surface area contributed by atoms with Crippen molar-refractivity contribution < 1.29 is 14.7 Å². The summed E-state index contributed by atoms with van der Waals surface area (Å²) >= 11 is 0. The quantitative estimate of drug-likeness (QED) is 0.652. The molecule has 0 radical (unpaired) electrons. The molecule has 7 heteroatoms. The third-order valence-electron chi connectivity index (χ3n) is 2.87. The highest BCUT2D eigenvalue weighted by Crippen LogP contribution is 2.13. The molecule has 0 unspecified atom stereocenters. The zero-order valence-corrected chi connectivity index (χ0v) is 12.6. The predicted octanol–water partition coefficient (Wildman–Crippen LogP) is 1.10. The van der Waals surface area contributed by atoms with Gasteiger partial charge in [-0.05, 0) is 32.9 Å². The lowest BCUT2D eigenvalue weighted by molar-refractivity contribution is -0.138. The van der Waals surface area contributed by atoms with E-state index in [1.54, 1.807) is 24.4 Å². The third kappa shape index (κ3) is 6.71. The number of hydrazine groups is 1. The molecule has 0 aliphatic carbocycles. The molecule has 116 valence electrons. The van der Waals surface area contributed by atoms with Crippen molar-refractivity contribution in [1.29, 1.82) is 0 Å². The minimum atomic E-state index is -0.878. The van der Waals surface area contributed by atoms with Crippen LogP contribution in [0.15, 0.2) is 24.4 Å². The number of amides is 1. The number of hydrogen-bond donors (Lipinski definition) is 3. The summed E-state index contributed by atoms with van der Waals surface area (Å²) in [4.78, 5) is 28.4. The van der Waals surface area contributed by atoms with Crippen LogP contribution in [0.25, 0.3) is 0 Å². The first kappa shape index (κ1) is 16.9. The van der Waals surface area contributed by atoms with Gasteiger partial charge in [0.15, 0.2) is 0 Å². The number of aliphatic carboxylic acids is 1. The van der Waals surface area contributed by atoms with E-state index in [2.05, 4.69) is 15.8 Å². The minimum Gasteiger partial charge on any atom is -0.481 e. The summed E-state index contributed by atoms with van der Waals surface area (Å²) in [6.45, 7) is 6.24. The molecule has 0 aliphatic heterocycles. The van der Waals surface area contributed by atoms with Crippen LogP contribution in [-0.4, -0.2) is 45.5 Å². The normalized spacial score (nSPS) is 11.2. The maximum atomic E-state index is 11.9. The molecule has 0 bridgehead atoms. The van der Waals surface area contributed by atoms with Crippen molar-refractivity contribution in [3.8, 4) is 0 Å². The second-order valence-electron chi connectivity index (χ2n) is 5.62. The first-order valence-corrected chi connectivity index (χ1v) is 6.72. The lowest BCUT2D eigenvalue weighted by Gasteiger charge is -2.34. The molecule has 0 aromatic carbocycles. The summed E-state index contributed by atoms with van der Waals surface area (Å²) in [5.41, 5.74) is 4.97. The van der Waals surface area contributed by atoms with Gasteiger partial charge in [-0.2, -0.15) is 0 Å². The smallest absolute Gasteiger partial charge is 0.304 e. The number of hydrogen-bond acceptors (Lipinski definition) is 5. The number of carbonyl (C=O) groups is 2. The molecule has 0 saturated carbocycles. The first-order chi connectivity index (χ1) is 9.79. The van der Waals surface area contributed by atoms with Gasteiger partial charge in [0.25, 0.3) is 5.91 Å². The van der Waals surface area contributed by atoms with Crippen molar-refractivity contribution in [1.82, 2.24) is 15.3 Å². The fourth-order valence-corrected chi connectivity index (χ4v) is 1.67. The number of nitrogens with one attached hydrogen (secondary N) is 2. The molecular weight excluding hydrogens is 272 g/mol. The monoisotopic (exact) mass is 294 g/mol. The zero-order valence-electron chi connectivity index (χ0n) is 12.6. The van der Waals surface area contributed by atoms with E-state index in [4.69, 9.17) is 5.11 Å². The first-order valence-electron chi connectivity index (χ1n) is 6.72. The molecular formula is C14H22N4O3. The Bertz CT molecular complexity index is 471. The summed E-state index contributed by atoms with van der Waals surface area (Å²) in [6, 6.07) is 5.31. The Labute approximate surface area is 124 Å². The van der Waals surface area contributed by atoms with Gasteiger partial charge < -0.3 is 5.11 Å². The van der Waals surface area contributed by atoms with Crippen molar-refractivity contribution in [2.45, 2.75) is 32.7 Å². The van der Waals surface area contributed by atoms with E-state index in [0.717, 1.165) is 0 Å². The van der Waals surface area contributed by atoms with Crippen LogP contribution in [0, 0.1) is 0 Å². The third-order valence-corrected chi connectivity index (χ3v) is 2.87. The Balaban J connectivity index is 2.50. The van der Waals surface area contributed by atoms with E-state index in [-0.39, 0.29) is 24.4 Å². The molecule has 7 nitrogen and oxygen atoms in total. The summed E-state index contributed by atoms with van der Waals surface area (Å²) in [7, 11) is 0. The molecule has 0 fully saturated rings. The minimum absolute atomic E-state index is 0.00177. The Morgan fingerprint density at radius 2 is 2.05 bits per heavy atom. The Morgan fingerprint density at radius 3 is 2.57 bits per heavy atom. The highest BCUT2D eigenvalue weighted by molar-refractivity contribution is 5.79. The molecule has 0 atom stereocenters. The fourth-order valence-electron chi connectivity index (χ4n) is 1.67. The molecule has 1 rings (SSSR count). The van der Waals surface area contributed by atoms with E-state index >= 15 is 0 Å². The molecule has 0 spiro atoms. The van der Waals surface area contributed by atoms with E-state index in [0.29, 0.717) is 12.4 Å². The van der Waals surface area contributed by atoms with E-state index in [1.165, 1.54) is 0 Å². The molecule has 0 saturated heterocycles. The van der Waals surface area contributed by atoms with Crippen LogP contribution in [0.3, 0.4) is 0 Å². The highest BCUT2D eigenvalue weighted by Gasteiger charge is 2.24. The standard InChI is InChI=1S/C14H22N4O3/c1-14(2,3)18(9-7-13(20)21)10-12(19)17-16-11-6-4-5-8-15-11/h4-6,8H,7,9-10H2,1-3H3,(H,15,16)(H,17,19)(H,20,21). The van der Waals surface area contributed by atoms with Gasteiger partial charge >= 0.3 is 5.97 Å².